The van der Waals surface area contributed by atoms with Crippen LogP contribution in [-0.4, -0.2) is 0 Å². The first-order valence-electron chi connectivity index (χ1n) is 3.13. The van der Waals surface area contributed by atoms with E-state index in [1.807, 2.05) is 24.3 Å². The Balaban J connectivity index is 2.59. The Morgan fingerprint density at radius 3 is 2.70 bits per heavy atom. The molecule has 1 heteroatoms. The molecule has 0 saturated heterocycles. The largest absolute Gasteiger partial charge is 0.216 e. The second kappa shape index (κ2) is 3.83. The van der Waals surface area contributed by atoms with Gasteiger partial charge in [-0.3, -0.25) is 0 Å². The van der Waals surface area contributed by atoms with Gasteiger partial charge in [-0.25, -0.2) is 4.39 Å². The summed E-state index contributed by atoms with van der Waals surface area (Å²) in [6, 6.07) is 10.4. The van der Waals surface area contributed by atoms with E-state index in [2.05, 4.69) is 6.07 Å². The van der Waals surface area contributed by atoms with Crippen LogP contribution >= 0.6 is 0 Å². The van der Waals surface area contributed by atoms with Crippen molar-refractivity contribution in [1.82, 2.24) is 0 Å². The smallest absolute Gasteiger partial charge is 0.0830 e. The van der Waals surface area contributed by atoms with E-state index < -0.39 is 0 Å². The van der Waals surface area contributed by atoms with Crippen LogP contribution in [0.4, 0.5) is 4.39 Å². The molecule has 0 aliphatic heterocycles. The Morgan fingerprint density at radius 2 is 2.10 bits per heavy atom. The third kappa shape index (κ3) is 2.02. The Labute approximate surface area is 60.0 Å². The molecule has 0 atom stereocenters. The molecule has 0 N–H and O–H groups in total. The van der Waals surface area contributed by atoms with Crippen LogP contribution < -0.4 is 0 Å². The zero-order chi connectivity index (χ0) is 7.23. The van der Waals surface area contributed by atoms with Crippen molar-refractivity contribution >= 4 is 0 Å². The summed E-state index contributed by atoms with van der Waals surface area (Å²) in [4.78, 5) is 0. The highest BCUT2D eigenvalue weighted by Crippen LogP contribution is 1.99. The van der Waals surface area contributed by atoms with Gasteiger partial charge in [0.25, 0.3) is 0 Å². The summed E-state index contributed by atoms with van der Waals surface area (Å²) in [7, 11) is 0. The predicted octanol–water partition coefficient (Wildman–Crippen LogP) is 2.51. The monoisotopic (exact) mass is 135 g/mol. The first-order chi connectivity index (χ1) is 4.93. The van der Waals surface area contributed by atoms with E-state index in [9.17, 15) is 4.39 Å². The van der Waals surface area contributed by atoms with Crippen molar-refractivity contribution in [2.75, 3.05) is 0 Å². The second-order valence-corrected chi connectivity index (χ2v) is 1.97. The van der Waals surface area contributed by atoms with Crippen LogP contribution in [0.2, 0.25) is 0 Å². The first kappa shape index (κ1) is 7.00. The Hall–Kier alpha value is -1.11. The second-order valence-electron chi connectivity index (χ2n) is 1.97. The van der Waals surface area contributed by atoms with Gasteiger partial charge in [0.05, 0.1) is 6.33 Å². The van der Waals surface area contributed by atoms with Gasteiger partial charge in [-0.1, -0.05) is 30.3 Å². The minimum Gasteiger partial charge on any atom is -0.216 e. The van der Waals surface area contributed by atoms with Gasteiger partial charge in [-0.15, -0.1) is 0 Å². The van der Waals surface area contributed by atoms with Crippen molar-refractivity contribution in [2.45, 2.75) is 6.42 Å². The molecular formula is C9H8F. The highest BCUT2D eigenvalue weighted by molar-refractivity contribution is 5.16. The van der Waals surface area contributed by atoms with Gasteiger partial charge in [0.2, 0.25) is 0 Å². The zero-order valence-electron chi connectivity index (χ0n) is 5.55. The fraction of sp³-hybridized carbons (Fsp3) is 0.111. The lowest BCUT2D eigenvalue weighted by molar-refractivity contribution is 0.716. The number of benzene rings is 1. The number of rotatable bonds is 2. The van der Waals surface area contributed by atoms with Crippen molar-refractivity contribution in [3.63, 3.8) is 0 Å². The molecule has 0 aliphatic carbocycles. The quantitative estimate of drug-likeness (QED) is 0.584. The lowest BCUT2D eigenvalue weighted by Crippen LogP contribution is -1.76. The van der Waals surface area contributed by atoms with Crippen molar-refractivity contribution in [2.24, 2.45) is 0 Å². The van der Waals surface area contributed by atoms with Gasteiger partial charge in [-0.2, -0.15) is 0 Å². The first-order valence-corrected chi connectivity index (χ1v) is 3.13. The van der Waals surface area contributed by atoms with E-state index in [1.165, 1.54) is 6.08 Å². The maximum Gasteiger partial charge on any atom is 0.0830 e. The van der Waals surface area contributed by atoms with Crippen molar-refractivity contribution in [3.05, 3.63) is 48.3 Å². The normalized spacial score (nSPS) is 10.5. The number of allylic oxidation sites excluding steroid dienone is 1. The third-order valence-corrected chi connectivity index (χ3v) is 1.23. The average Bonchev–Trinajstić information content (AvgIpc) is 2.03. The van der Waals surface area contributed by atoms with Gasteiger partial charge < -0.3 is 0 Å². The van der Waals surface area contributed by atoms with Crippen LogP contribution in [0.3, 0.4) is 0 Å². The molecule has 0 aromatic heterocycles. The topological polar surface area (TPSA) is 0 Å². The summed E-state index contributed by atoms with van der Waals surface area (Å²) in [6.07, 6.45) is 2.71. The Morgan fingerprint density at radius 1 is 1.40 bits per heavy atom. The fourth-order valence-corrected chi connectivity index (χ4v) is 0.738. The number of halogens is 1. The molecule has 51 valence electrons. The van der Waals surface area contributed by atoms with Crippen LogP contribution in [0.25, 0.3) is 0 Å². The van der Waals surface area contributed by atoms with Gasteiger partial charge in [0.15, 0.2) is 0 Å². The molecule has 0 spiro atoms. The van der Waals surface area contributed by atoms with Crippen LogP contribution in [0.5, 0.6) is 0 Å². The van der Waals surface area contributed by atoms with Crippen LogP contribution in [-0.2, 0) is 6.42 Å². The molecule has 0 nitrogen and oxygen atoms in total. The van der Waals surface area contributed by atoms with E-state index in [1.54, 1.807) is 0 Å². The zero-order valence-corrected chi connectivity index (χ0v) is 5.55. The minimum atomic E-state index is 0.566. The lowest BCUT2D eigenvalue weighted by Gasteiger charge is -1.91. The van der Waals surface area contributed by atoms with E-state index in [0.717, 1.165) is 5.56 Å². The van der Waals surface area contributed by atoms with Gasteiger partial charge in [0, 0.05) is 0 Å². The van der Waals surface area contributed by atoms with E-state index in [4.69, 9.17) is 0 Å². The van der Waals surface area contributed by atoms with Crippen molar-refractivity contribution in [3.8, 4) is 0 Å². The van der Waals surface area contributed by atoms with Crippen LogP contribution in [0, 0.1) is 6.07 Å². The van der Waals surface area contributed by atoms with Gasteiger partial charge in [-0.05, 0) is 18.1 Å². The highest BCUT2D eigenvalue weighted by Gasteiger charge is 1.84. The molecule has 1 aromatic carbocycles. The summed E-state index contributed by atoms with van der Waals surface area (Å²) < 4.78 is 11.5. The van der Waals surface area contributed by atoms with E-state index in [0.29, 0.717) is 12.8 Å². The fourth-order valence-electron chi connectivity index (χ4n) is 0.738. The summed E-state index contributed by atoms with van der Waals surface area (Å²) in [5.41, 5.74) is 1.10. The molecule has 1 aromatic rings. The molecule has 0 heterocycles. The van der Waals surface area contributed by atoms with E-state index in [-0.39, 0.29) is 0 Å². The van der Waals surface area contributed by atoms with Gasteiger partial charge >= 0.3 is 0 Å². The Bertz CT molecular complexity index is 201. The molecular weight excluding hydrogens is 127 g/mol. The molecule has 1 radical (unpaired) electrons. The molecule has 0 saturated carbocycles. The molecule has 0 bridgehead atoms. The average molecular weight is 135 g/mol. The summed E-state index contributed by atoms with van der Waals surface area (Å²) >= 11 is 0. The molecule has 0 unspecified atom stereocenters. The van der Waals surface area contributed by atoms with Gasteiger partial charge in [0.1, 0.15) is 0 Å². The molecule has 10 heavy (non-hydrogen) atoms. The minimum absolute atomic E-state index is 0.566. The van der Waals surface area contributed by atoms with Crippen molar-refractivity contribution in [1.29, 1.82) is 0 Å². The summed E-state index contributed by atoms with van der Waals surface area (Å²) in [5.74, 6) is 0. The van der Waals surface area contributed by atoms with Crippen LogP contribution in [0.1, 0.15) is 5.56 Å². The highest BCUT2D eigenvalue weighted by atomic mass is 19.1. The molecule has 0 fully saturated rings. The molecule has 1 rings (SSSR count). The third-order valence-electron chi connectivity index (χ3n) is 1.23. The predicted molar refractivity (Wildman–Crippen MR) is 39.2 cm³/mol. The summed E-state index contributed by atoms with van der Waals surface area (Å²) in [5, 5.41) is 0. The maximum atomic E-state index is 11.5. The lowest BCUT2D eigenvalue weighted by atomic mass is 10.2. The van der Waals surface area contributed by atoms with Crippen LogP contribution in [0.15, 0.2) is 36.7 Å². The van der Waals surface area contributed by atoms with Crippen molar-refractivity contribution < 1.29 is 4.39 Å². The SMILES string of the molecule is FC=CCc1cc[c]cc1. The maximum absolute atomic E-state index is 11.5. The van der Waals surface area contributed by atoms with E-state index >= 15 is 0 Å². The molecule has 0 amide bonds. The Kier molecular flexibility index (Phi) is 2.68. The number of hydrogen-bond acceptors (Lipinski definition) is 0. The number of hydrogen-bond donors (Lipinski definition) is 0. The molecule has 0 aliphatic rings. The standard InChI is InChI=1S/C9H8F/c10-8-4-7-9-5-2-1-3-6-9/h2-6,8H,7H2. The summed E-state index contributed by atoms with van der Waals surface area (Å²) in [6.45, 7) is 0.